The van der Waals surface area contributed by atoms with Gasteiger partial charge in [0, 0.05) is 5.92 Å². The van der Waals surface area contributed by atoms with Gasteiger partial charge in [-0.2, -0.15) is 0 Å². The van der Waals surface area contributed by atoms with Gasteiger partial charge in [-0.05, 0) is 55.6 Å². The van der Waals surface area contributed by atoms with Crippen LogP contribution in [0.25, 0.3) is 0 Å². The van der Waals surface area contributed by atoms with Crippen molar-refractivity contribution in [2.24, 2.45) is 11.8 Å². The number of ether oxygens (including phenoxy) is 1. The molecule has 3 atom stereocenters. The summed E-state index contributed by atoms with van der Waals surface area (Å²) in [5.41, 5.74) is 1.42. The van der Waals surface area contributed by atoms with Crippen molar-refractivity contribution in [3.63, 3.8) is 0 Å². The second kappa shape index (κ2) is 8.52. The molecule has 0 aromatic heterocycles. The predicted octanol–water partition coefficient (Wildman–Crippen LogP) is 5.48. The fourth-order valence-corrected chi connectivity index (χ4v) is 4.97. The Hall–Kier alpha value is -2.42. The predicted molar refractivity (Wildman–Crippen MR) is 114 cm³/mol. The maximum atomic E-state index is 13.7. The maximum absolute atomic E-state index is 13.7. The van der Waals surface area contributed by atoms with Crippen molar-refractivity contribution in [2.75, 3.05) is 0 Å². The maximum Gasteiger partial charge on any atom is 0.318 e. The van der Waals surface area contributed by atoms with Crippen molar-refractivity contribution in [3.8, 4) is 0 Å². The van der Waals surface area contributed by atoms with Gasteiger partial charge in [-0.3, -0.25) is 9.59 Å². The van der Waals surface area contributed by atoms with Crippen LogP contribution in [0.3, 0.4) is 0 Å². The summed E-state index contributed by atoms with van der Waals surface area (Å²) in [6, 6.07) is 20.4. The Morgan fingerprint density at radius 2 is 1.62 bits per heavy atom. The number of rotatable bonds is 9. The Kier molecular flexibility index (Phi) is 5.84. The van der Waals surface area contributed by atoms with Crippen LogP contribution in [0, 0.1) is 11.8 Å². The van der Waals surface area contributed by atoms with E-state index in [2.05, 4.69) is 31.2 Å². The van der Waals surface area contributed by atoms with Crippen LogP contribution in [0.4, 0.5) is 0 Å². The van der Waals surface area contributed by atoms with E-state index in [0.29, 0.717) is 18.8 Å². The first-order valence-corrected chi connectivity index (χ1v) is 11.0. The molecule has 0 radical (unpaired) electrons. The van der Waals surface area contributed by atoms with Crippen LogP contribution in [-0.4, -0.2) is 17.4 Å². The van der Waals surface area contributed by atoms with Crippen molar-refractivity contribution >= 4 is 11.8 Å². The zero-order valence-electron chi connectivity index (χ0n) is 17.2. The number of esters is 1. The van der Waals surface area contributed by atoms with Crippen LogP contribution in [0.5, 0.6) is 0 Å². The third-order valence-electron chi connectivity index (χ3n) is 6.50. The van der Waals surface area contributed by atoms with E-state index < -0.39 is 11.5 Å². The number of aryl methyl sites for hydroxylation is 1. The average Bonchev–Trinajstić information content (AvgIpc) is 3.54. The second-order valence-corrected chi connectivity index (χ2v) is 8.62. The van der Waals surface area contributed by atoms with Crippen LogP contribution < -0.4 is 0 Å². The standard InChI is InChI=1S/C26H30O3/c1-2-17-26(18-9-12-19-10-5-3-6-11-19)24(27)23(25(28)29-26)22(21-15-16-21)20-13-7-4-8-14-20/h3-8,10-11,13-14,21-23H,2,9,12,15-18H2,1H3. The van der Waals surface area contributed by atoms with E-state index in [4.69, 9.17) is 4.74 Å². The average molecular weight is 391 g/mol. The van der Waals surface area contributed by atoms with Crippen LogP contribution >= 0.6 is 0 Å². The van der Waals surface area contributed by atoms with Gasteiger partial charge in [0.15, 0.2) is 11.4 Å². The van der Waals surface area contributed by atoms with Gasteiger partial charge in [-0.1, -0.05) is 74.0 Å². The van der Waals surface area contributed by atoms with E-state index in [1.54, 1.807) is 0 Å². The number of carbonyl (C=O) groups excluding carboxylic acids is 2. The largest absolute Gasteiger partial charge is 0.450 e. The Labute approximate surface area is 173 Å². The van der Waals surface area contributed by atoms with Crippen molar-refractivity contribution in [1.29, 1.82) is 0 Å². The second-order valence-electron chi connectivity index (χ2n) is 8.62. The summed E-state index contributed by atoms with van der Waals surface area (Å²) in [5, 5.41) is 0. The first-order chi connectivity index (χ1) is 14.1. The molecular formula is C26H30O3. The highest BCUT2D eigenvalue weighted by atomic mass is 16.6. The van der Waals surface area contributed by atoms with Crippen molar-refractivity contribution in [3.05, 3.63) is 71.8 Å². The van der Waals surface area contributed by atoms with Gasteiger partial charge < -0.3 is 4.74 Å². The van der Waals surface area contributed by atoms with E-state index in [0.717, 1.165) is 37.7 Å². The van der Waals surface area contributed by atoms with Gasteiger partial charge >= 0.3 is 5.97 Å². The van der Waals surface area contributed by atoms with Crippen molar-refractivity contribution in [2.45, 2.75) is 63.4 Å². The summed E-state index contributed by atoms with van der Waals surface area (Å²) in [6.07, 6.45) is 5.98. The van der Waals surface area contributed by atoms with Crippen LogP contribution in [-0.2, 0) is 20.7 Å². The molecule has 0 N–H and O–H groups in total. The minimum atomic E-state index is -0.937. The molecule has 0 amide bonds. The topological polar surface area (TPSA) is 43.4 Å². The Morgan fingerprint density at radius 3 is 2.24 bits per heavy atom. The Morgan fingerprint density at radius 1 is 0.966 bits per heavy atom. The van der Waals surface area contributed by atoms with Crippen molar-refractivity contribution < 1.29 is 14.3 Å². The minimum absolute atomic E-state index is 0.0261. The molecule has 1 heterocycles. The quantitative estimate of drug-likeness (QED) is 0.420. The van der Waals surface area contributed by atoms with Crippen molar-refractivity contribution in [1.82, 2.24) is 0 Å². The third kappa shape index (κ3) is 4.14. The smallest absolute Gasteiger partial charge is 0.318 e. The first-order valence-electron chi connectivity index (χ1n) is 11.0. The molecular weight excluding hydrogens is 360 g/mol. The lowest BCUT2D eigenvalue weighted by Crippen LogP contribution is -2.39. The van der Waals surface area contributed by atoms with E-state index in [-0.39, 0.29) is 17.7 Å². The Bertz CT molecular complexity index is 841. The van der Waals surface area contributed by atoms with Gasteiger partial charge in [0.2, 0.25) is 0 Å². The molecule has 1 saturated carbocycles. The van der Waals surface area contributed by atoms with Gasteiger partial charge in [0.1, 0.15) is 5.92 Å². The van der Waals surface area contributed by atoms with E-state index in [1.165, 1.54) is 5.56 Å². The molecule has 2 aromatic rings. The van der Waals surface area contributed by atoms with Crippen LogP contribution in [0.1, 0.15) is 62.5 Å². The zero-order chi connectivity index (χ0) is 20.3. The molecule has 1 saturated heterocycles. The van der Waals surface area contributed by atoms with E-state index in [9.17, 15) is 9.59 Å². The SMILES string of the molecule is CCCC1(CCCc2ccccc2)OC(=O)C(C(c2ccccc2)C2CC2)C1=O. The molecule has 3 heteroatoms. The number of benzene rings is 2. The molecule has 29 heavy (non-hydrogen) atoms. The molecule has 2 aromatic carbocycles. The number of ketones is 1. The summed E-state index contributed by atoms with van der Waals surface area (Å²) in [4.78, 5) is 26.7. The molecule has 4 rings (SSSR count). The minimum Gasteiger partial charge on any atom is -0.450 e. The Balaban J connectivity index is 1.54. The van der Waals surface area contributed by atoms with E-state index >= 15 is 0 Å². The van der Waals surface area contributed by atoms with Gasteiger partial charge in [0.05, 0.1) is 0 Å². The van der Waals surface area contributed by atoms with E-state index in [1.807, 2.05) is 36.4 Å². The summed E-state index contributed by atoms with van der Waals surface area (Å²) in [6.45, 7) is 2.06. The lowest BCUT2D eigenvalue weighted by atomic mass is 9.75. The monoisotopic (exact) mass is 390 g/mol. The lowest BCUT2D eigenvalue weighted by Gasteiger charge is -2.27. The molecule has 3 nitrogen and oxygen atoms in total. The first kappa shape index (κ1) is 19.9. The highest BCUT2D eigenvalue weighted by Crippen LogP contribution is 2.51. The number of cyclic esters (lactones) is 1. The molecule has 2 fully saturated rings. The number of hydrogen-bond donors (Lipinski definition) is 0. The molecule has 0 bridgehead atoms. The number of Topliss-reactive ketones (excluding diaryl/α,β-unsaturated/α-hetero) is 1. The zero-order valence-corrected chi connectivity index (χ0v) is 17.2. The summed E-state index contributed by atoms with van der Waals surface area (Å²) < 4.78 is 5.94. The normalized spacial score (nSPS) is 25.1. The fraction of sp³-hybridized carbons (Fsp3) is 0.462. The number of carbonyl (C=O) groups is 2. The molecule has 2 aliphatic rings. The number of hydrogen-bond acceptors (Lipinski definition) is 3. The summed E-state index contributed by atoms with van der Waals surface area (Å²) in [5.74, 6) is -0.542. The van der Waals surface area contributed by atoms with Gasteiger partial charge in [-0.25, -0.2) is 0 Å². The fourth-order valence-electron chi connectivity index (χ4n) is 4.97. The highest BCUT2D eigenvalue weighted by Gasteiger charge is 2.58. The molecule has 0 spiro atoms. The summed E-state index contributed by atoms with van der Waals surface area (Å²) in [7, 11) is 0. The molecule has 1 aliphatic heterocycles. The van der Waals surface area contributed by atoms with Crippen LogP contribution in [0.2, 0.25) is 0 Å². The molecule has 1 aliphatic carbocycles. The summed E-state index contributed by atoms with van der Waals surface area (Å²) >= 11 is 0. The molecule has 152 valence electrons. The lowest BCUT2D eigenvalue weighted by molar-refractivity contribution is -0.154. The molecule has 3 unspecified atom stereocenters. The highest BCUT2D eigenvalue weighted by molar-refractivity contribution is 6.10. The van der Waals surface area contributed by atoms with Gasteiger partial charge in [-0.15, -0.1) is 0 Å². The third-order valence-corrected chi connectivity index (χ3v) is 6.50. The van der Waals surface area contributed by atoms with Crippen LogP contribution in [0.15, 0.2) is 60.7 Å². The van der Waals surface area contributed by atoms with Gasteiger partial charge in [0.25, 0.3) is 0 Å².